The van der Waals surface area contributed by atoms with Gasteiger partial charge in [-0.1, -0.05) is 18.2 Å². The predicted octanol–water partition coefficient (Wildman–Crippen LogP) is 3.24. The SMILES string of the molecule is COc1cc(C=C2NC(=O)N(Cc3ccccc3F)C2=O)cc(I)c1O. The summed E-state index contributed by atoms with van der Waals surface area (Å²) in [4.78, 5) is 25.6. The minimum Gasteiger partial charge on any atom is -0.504 e. The second-order valence-electron chi connectivity index (χ2n) is 5.52. The van der Waals surface area contributed by atoms with E-state index in [1.165, 1.54) is 31.4 Å². The summed E-state index contributed by atoms with van der Waals surface area (Å²) in [5.74, 6) is -0.786. The van der Waals surface area contributed by atoms with Crippen molar-refractivity contribution in [3.05, 3.63) is 62.6 Å². The smallest absolute Gasteiger partial charge is 0.329 e. The third kappa shape index (κ3) is 3.50. The summed E-state index contributed by atoms with van der Waals surface area (Å²) in [6.07, 6.45) is 1.48. The Morgan fingerprint density at radius 1 is 1.31 bits per heavy atom. The van der Waals surface area contributed by atoms with Gasteiger partial charge in [0.25, 0.3) is 5.91 Å². The number of phenols is 1. The second-order valence-corrected chi connectivity index (χ2v) is 6.69. The molecule has 26 heavy (non-hydrogen) atoms. The monoisotopic (exact) mass is 468 g/mol. The largest absolute Gasteiger partial charge is 0.504 e. The molecule has 134 valence electrons. The van der Waals surface area contributed by atoms with E-state index in [-0.39, 0.29) is 29.3 Å². The van der Waals surface area contributed by atoms with Crippen LogP contribution in [0.2, 0.25) is 0 Å². The number of aromatic hydroxyl groups is 1. The Balaban J connectivity index is 1.88. The number of amides is 3. The van der Waals surface area contributed by atoms with E-state index >= 15 is 0 Å². The van der Waals surface area contributed by atoms with E-state index in [1.54, 1.807) is 18.2 Å². The number of benzene rings is 2. The lowest BCUT2D eigenvalue weighted by atomic mass is 10.1. The Morgan fingerprint density at radius 3 is 2.73 bits per heavy atom. The molecule has 0 saturated carbocycles. The Labute approximate surface area is 162 Å². The Morgan fingerprint density at radius 2 is 2.04 bits per heavy atom. The molecule has 1 heterocycles. The highest BCUT2D eigenvalue weighted by Crippen LogP contribution is 2.33. The maximum atomic E-state index is 13.8. The van der Waals surface area contributed by atoms with Crippen molar-refractivity contribution in [3.63, 3.8) is 0 Å². The van der Waals surface area contributed by atoms with E-state index in [0.717, 1.165) is 4.90 Å². The lowest BCUT2D eigenvalue weighted by molar-refractivity contribution is -0.123. The first kappa shape index (κ1) is 18.2. The van der Waals surface area contributed by atoms with E-state index < -0.39 is 17.8 Å². The van der Waals surface area contributed by atoms with Gasteiger partial charge in [0, 0.05) is 5.56 Å². The van der Waals surface area contributed by atoms with Crippen LogP contribution in [0, 0.1) is 9.39 Å². The van der Waals surface area contributed by atoms with Gasteiger partial charge in [-0.3, -0.25) is 9.69 Å². The molecule has 0 radical (unpaired) electrons. The van der Waals surface area contributed by atoms with Gasteiger partial charge in [0.05, 0.1) is 17.2 Å². The van der Waals surface area contributed by atoms with Crippen LogP contribution in [0.25, 0.3) is 6.08 Å². The topological polar surface area (TPSA) is 78.9 Å². The number of halogens is 2. The Bertz CT molecular complexity index is 929. The van der Waals surface area contributed by atoms with Crippen LogP contribution in [0.1, 0.15) is 11.1 Å². The van der Waals surface area contributed by atoms with E-state index in [9.17, 15) is 19.1 Å². The van der Waals surface area contributed by atoms with Crippen molar-refractivity contribution in [2.75, 3.05) is 7.11 Å². The van der Waals surface area contributed by atoms with Crippen LogP contribution >= 0.6 is 22.6 Å². The number of phenolic OH excluding ortho intramolecular Hbond substituents is 1. The molecular formula is C18H14FIN2O4. The number of imide groups is 1. The molecule has 2 aromatic carbocycles. The average molecular weight is 468 g/mol. The number of methoxy groups -OCH3 is 1. The number of carbonyl (C=O) groups is 2. The molecule has 3 amide bonds. The van der Waals surface area contributed by atoms with Crippen molar-refractivity contribution in [2.45, 2.75) is 6.54 Å². The molecule has 1 aliphatic heterocycles. The van der Waals surface area contributed by atoms with Gasteiger partial charge in [-0.25, -0.2) is 9.18 Å². The lowest BCUT2D eigenvalue weighted by Gasteiger charge is -2.12. The zero-order valence-corrected chi connectivity index (χ0v) is 15.8. The molecule has 1 aliphatic rings. The first-order valence-corrected chi connectivity index (χ1v) is 8.63. The molecule has 0 aromatic heterocycles. The number of hydrogen-bond acceptors (Lipinski definition) is 4. The van der Waals surface area contributed by atoms with Crippen LogP contribution in [0.15, 0.2) is 42.1 Å². The summed E-state index contributed by atoms with van der Waals surface area (Å²) < 4.78 is 19.4. The number of hydrogen-bond donors (Lipinski definition) is 2. The van der Waals surface area contributed by atoms with Crippen molar-refractivity contribution in [1.29, 1.82) is 0 Å². The molecule has 0 atom stereocenters. The quantitative estimate of drug-likeness (QED) is 0.411. The zero-order chi connectivity index (χ0) is 18.8. The molecular weight excluding hydrogens is 454 g/mol. The van der Waals surface area contributed by atoms with E-state index in [2.05, 4.69) is 5.32 Å². The molecule has 0 aliphatic carbocycles. The highest BCUT2D eigenvalue weighted by Gasteiger charge is 2.34. The summed E-state index contributed by atoms with van der Waals surface area (Å²) in [6, 6.07) is 8.53. The third-order valence-electron chi connectivity index (χ3n) is 3.83. The fraction of sp³-hybridized carbons (Fsp3) is 0.111. The van der Waals surface area contributed by atoms with Gasteiger partial charge in [0.15, 0.2) is 11.5 Å². The van der Waals surface area contributed by atoms with Gasteiger partial charge in [-0.05, 0) is 52.4 Å². The molecule has 0 unspecified atom stereocenters. The molecule has 6 nitrogen and oxygen atoms in total. The fourth-order valence-corrected chi connectivity index (χ4v) is 3.14. The summed E-state index contributed by atoms with van der Waals surface area (Å²) in [5, 5.41) is 12.4. The third-order valence-corrected chi connectivity index (χ3v) is 4.65. The van der Waals surface area contributed by atoms with Crippen LogP contribution in [0.3, 0.4) is 0 Å². The normalized spacial score (nSPS) is 15.5. The predicted molar refractivity (Wildman–Crippen MR) is 101 cm³/mol. The number of carbonyl (C=O) groups excluding carboxylic acids is 2. The summed E-state index contributed by atoms with van der Waals surface area (Å²) >= 11 is 1.93. The number of nitrogens with zero attached hydrogens (tertiary/aromatic N) is 1. The molecule has 8 heteroatoms. The summed E-state index contributed by atoms with van der Waals surface area (Å²) in [6.45, 7) is -0.162. The van der Waals surface area contributed by atoms with Crippen molar-refractivity contribution in [1.82, 2.24) is 10.2 Å². The molecule has 0 spiro atoms. The van der Waals surface area contributed by atoms with Gasteiger partial charge >= 0.3 is 6.03 Å². The van der Waals surface area contributed by atoms with Gasteiger partial charge in [-0.2, -0.15) is 0 Å². The molecule has 3 rings (SSSR count). The zero-order valence-electron chi connectivity index (χ0n) is 13.6. The maximum Gasteiger partial charge on any atom is 0.329 e. The van der Waals surface area contributed by atoms with Crippen LogP contribution in [-0.4, -0.2) is 29.1 Å². The number of urea groups is 1. The van der Waals surface area contributed by atoms with Gasteiger partial charge in [-0.15, -0.1) is 0 Å². The van der Waals surface area contributed by atoms with Crippen LogP contribution in [0.5, 0.6) is 11.5 Å². The van der Waals surface area contributed by atoms with Crippen molar-refractivity contribution in [3.8, 4) is 11.5 Å². The molecule has 0 bridgehead atoms. The Hall–Kier alpha value is -2.62. The van der Waals surface area contributed by atoms with E-state index in [1.807, 2.05) is 22.6 Å². The van der Waals surface area contributed by atoms with Gasteiger partial charge in [0.2, 0.25) is 0 Å². The first-order valence-electron chi connectivity index (χ1n) is 7.55. The standard InChI is InChI=1S/C18H14FIN2O4/c1-26-15-8-10(6-13(20)16(15)23)7-14-17(24)22(18(25)21-14)9-11-4-2-3-5-12(11)19/h2-8,23H,9H2,1H3,(H,21,25). The number of rotatable bonds is 4. The van der Waals surface area contributed by atoms with E-state index in [4.69, 9.17) is 4.74 Å². The van der Waals surface area contributed by atoms with Crippen LogP contribution in [0.4, 0.5) is 9.18 Å². The molecule has 2 N–H and O–H groups in total. The second kappa shape index (κ2) is 7.32. The first-order chi connectivity index (χ1) is 12.4. The van der Waals surface area contributed by atoms with Crippen molar-refractivity contribution >= 4 is 40.6 Å². The summed E-state index contributed by atoms with van der Waals surface area (Å²) in [7, 11) is 1.42. The van der Waals surface area contributed by atoms with Gasteiger partial charge < -0.3 is 15.2 Å². The Kier molecular flexibility index (Phi) is 5.12. The minimum absolute atomic E-state index is 0.00165. The minimum atomic E-state index is -0.620. The maximum absolute atomic E-state index is 13.8. The van der Waals surface area contributed by atoms with Crippen LogP contribution in [-0.2, 0) is 11.3 Å². The van der Waals surface area contributed by atoms with Crippen molar-refractivity contribution < 1.29 is 23.8 Å². The molecule has 1 saturated heterocycles. The van der Waals surface area contributed by atoms with Gasteiger partial charge in [0.1, 0.15) is 11.5 Å². The molecule has 2 aromatic rings. The fourth-order valence-electron chi connectivity index (χ4n) is 2.51. The number of ether oxygens (including phenoxy) is 1. The van der Waals surface area contributed by atoms with Crippen LogP contribution < -0.4 is 10.1 Å². The highest BCUT2D eigenvalue weighted by atomic mass is 127. The average Bonchev–Trinajstić information content (AvgIpc) is 2.87. The highest BCUT2D eigenvalue weighted by molar-refractivity contribution is 14.1. The lowest BCUT2D eigenvalue weighted by Crippen LogP contribution is -2.30. The molecule has 1 fully saturated rings. The van der Waals surface area contributed by atoms with E-state index in [0.29, 0.717) is 9.13 Å². The summed E-state index contributed by atoms with van der Waals surface area (Å²) in [5.41, 5.74) is 0.883. The van der Waals surface area contributed by atoms with Crippen molar-refractivity contribution in [2.24, 2.45) is 0 Å². The number of nitrogens with one attached hydrogen (secondary N) is 1.